The normalized spacial score (nSPS) is 46.8. The molecular weight excluding hydrogens is 198 g/mol. The molecule has 15 heavy (non-hydrogen) atoms. The lowest BCUT2D eigenvalue weighted by molar-refractivity contribution is -0.114. The summed E-state index contributed by atoms with van der Waals surface area (Å²) in [5.74, 6) is 0. The number of nitrogens with zero attached hydrogens (tertiary/aromatic N) is 1. The van der Waals surface area contributed by atoms with Crippen LogP contribution in [-0.2, 0) is 4.74 Å². The molecule has 2 fully saturated rings. The Bertz CT molecular complexity index is 225. The summed E-state index contributed by atoms with van der Waals surface area (Å²) < 4.78 is 5.42. The molecule has 2 heterocycles. The van der Waals surface area contributed by atoms with Crippen LogP contribution in [0.1, 0.15) is 13.3 Å². The molecule has 0 aromatic heterocycles. The van der Waals surface area contributed by atoms with Crippen molar-refractivity contribution in [2.75, 3.05) is 19.7 Å². The molecule has 5 nitrogen and oxygen atoms in total. The molecule has 0 aliphatic carbocycles. The summed E-state index contributed by atoms with van der Waals surface area (Å²) in [7, 11) is 0. The molecule has 2 saturated heterocycles. The van der Waals surface area contributed by atoms with Crippen molar-refractivity contribution >= 4 is 0 Å². The minimum absolute atomic E-state index is 0.212. The Balaban J connectivity index is 2.06. The van der Waals surface area contributed by atoms with Gasteiger partial charge in [-0.05, 0) is 13.3 Å². The van der Waals surface area contributed by atoms with Gasteiger partial charge in [-0.25, -0.2) is 0 Å². The number of hydrogen-bond acceptors (Lipinski definition) is 5. The topological polar surface area (TPSA) is 73.2 Å². The maximum absolute atomic E-state index is 10.0. The number of hydrogen-bond donors (Lipinski definition) is 3. The van der Waals surface area contributed by atoms with Crippen LogP contribution in [-0.4, -0.2) is 70.4 Å². The molecule has 0 saturated carbocycles. The van der Waals surface area contributed by atoms with Crippen LogP contribution in [0.5, 0.6) is 0 Å². The van der Waals surface area contributed by atoms with Crippen molar-refractivity contribution in [2.45, 2.75) is 43.8 Å². The summed E-state index contributed by atoms with van der Waals surface area (Å²) in [5.41, 5.74) is 0. The van der Waals surface area contributed by atoms with Crippen molar-refractivity contribution in [1.82, 2.24) is 4.90 Å². The number of fused-ring (bicyclic) bond motifs is 1. The number of ether oxygens (including phenoxy) is 1. The van der Waals surface area contributed by atoms with Gasteiger partial charge in [-0.1, -0.05) is 0 Å². The van der Waals surface area contributed by atoms with Crippen LogP contribution >= 0.6 is 0 Å². The van der Waals surface area contributed by atoms with Crippen molar-refractivity contribution in [3.63, 3.8) is 0 Å². The fourth-order valence-electron chi connectivity index (χ4n) is 2.65. The molecular formula is C10H19NO4. The number of piperidine rings is 1. The molecule has 0 spiro atoms. The standard InChI is InChI=1S/C10H19NO4/c1-2-15-7-3-4-11-5-6(12)9(13)8(11)10(7)14/h6-10,12-14H,2-5H2,1H3/t6-,7+,8+,9-,10-/m1/s1. The fraction of sp³-hybridized carbons (Fsp3) is 1.00. The van der Waals surface area contributed by atoms with Gasteiger partial charge in [-0.15, -0.1) is 0 Å². The van der Waals surface area contributed by atoms with E-state index in [1.54, 1.807) is 0 Å². The van der Waals surface area contributed by atoms with E-state index in [2.05, 4.69) is 0 Å². The highest BCUT2D eigenvalue weighted by Crippen LogP contribution is 2.29. The van der Waals surface area contributed by atoms with E-state index in [0.717, 1.165) is 13.0 Å². The van der Waals surface area contributed by atoms with Gasteiger partial charge in [0.1, 0.15) is 0 Å². The number of aliphatic hydroxyl groups excluding tert-OH is 3. The largest absolute Gasteiger partial charge is 0.389 e. The SMILES string of the molecule is CCO[C@H]1CCN2C[C@@H](O)[C@@H](O)[C@H]2[C@@H]1O. The molecule has 0 radical (unpaired) electrons. The summed E-state index contributed by atoms with van der Waals surface area (Å²) in [6.45, 7) is 3.66. The Morgan fingerprint density at radius 1 is 1.27 bits per heavy atom. The average molecular weight is 217 g/mol. The third-order valence-corrected chi connectivity index (χ3v) is 3.40. The lowest BCUT2D eigenvalue weighted by atomic mass is 9.94. The second kappa shape index (κ2) is 4.35. The Kier molecular flexibility index (Phi) is 3.27. The predicted octanol–water partition coefficient (Wildman–Crippen LogP) is -1.44. The smallest absolute Gasteiger partial charge is 0.0992 e. The van der Waals surface area contributed by atoms with Crippen LogP contribution in [0.2, 0.25) is 0 Å². The first kappa shape index (κ1) is 11.3. The van der Waals surface area contributed by atoms with Crippen molar-refractivity contribution < 1.29 is 20.1 Å². The lowest BCUT2D eigenvalue weighted by Gasteiger charge is -2.39. The van der Waals surface area contributed by atoms with Gasteiger partial charge in [-0.2, -0.15) is 0 Å². The first-order valence-corrected chi connectivity index (χ1v) is 5.55. The van der Waals surface area contributed by atoms with Gasteiger partial charge in [0.25, 0.3) is 0 Å². The minimum atomic E-state index is -0.858. The fourth-order valence-corrected chi connectivity index (χ4v) is 2.65. The van der Waals surface area contributed by atoms with Gasteiger partial charge in [0.05, 0.1) is 30.5 Å². The maximum Gasteiger partial charge on any atom is 0.0992 e. The molecule has 5 atom stereocenters. The van der Waals surface area contributed by atoms with E-state index in [9.17, 15) is 15.3 Å². The van der Waals surface area contributed by atoms with Gasteiger partial charge >= 0.3 is 0 Å². The van der Waals surface area contributed by atoms with Gasteiger partial charge in [0.15, 0.2) is 0 Å². The number of aliphatic hydroxyl groups is 3. The lowest BCUT2D eigenvalue weighted by Crippen LogP contribution is -2.56. The molecule has 0 unspecified atom stereocenters. The Morgan fingerprint density at radius 3 is 2.67 bits per heavy atom. The summed E-state index contributed by atoms with van der Waals surface area (Å²) in [6, 6.07) is -0.370. The van der Waals surface area contributed by atoms with E-state index in [1.807, 2.05) is 11.8 Å². The van der Waals surface area contributed by atoms with Gasteiger partial charge in [0, 0.05) is 19.7 Å². The quantitative estimate of drug-likeness (QED) is 0.528. The van der Waals surface area contributed by atoms with Crippen LogP contribution in [0, 0.1) is 0 Å². The summed E-state index contributed by atoms with van der Waals surface area (Å²) in [4.78, 5) is 1.94. The molecule has 3 N–H and O–H groups in total. The zero-order valence-electron chi connectivity index (χ0n) is 8.91. The molecule has 88 valence electrons. The molecule has 0 amide bonds. The van der Waals surface area contributed by atoms with Gasteiger partial charge < -0.3 is 20.1 Å². The highest BCUT2D eigenvalue weighted by Gasteiger charge is 2.48. The van der Waals surface area contributed by atoms with Gasteiger partial charge in [-0.3, -0.25) is 4.90 Å². The van der Waals surface area contributed by atoms with Crippen molar-refractivity contribution in [3.05, 3.63) is 0 Å². The van der Waals surface area contributed by atoms with E-state index in [-0.39, 0.29) is 12.1 Å². The number of rotatable bonds is 2. The highest BCUT2D eigenvalue weighted by molar-refractivity contribution is 5.02. The summed E-state index contributed by atoms with van der Waals surface area (Å²) in [5, 5.41) is 29.3. The predicted molar refractivity (Wildman–Crippen MR) is 53.4 cm³/mol. The molecule has 2 aliphatic rings. The first-order valence-electron chi connectivity index (χ1n) is 5.55. The van der Waals surface area contributed by atoms with E-state index >= 15 is 0 Å². The third kappa shape index (κ3) is 1.90. The Hall–Kier alpha value is -0.200. The van der Waals surface area contributed by atoms with Crippen molar-refractivity contribution in [2.24, 2.45) is 0 Å². The van der Waals surface area contributed by atoms with E-state index in [0.29, 0.717) is 13.2 Å². The van der Waals surface area contributed by atoms with Crippen LogP contribution < -0.4 is 0 Å². The highest BCUT2D eigenvalue weighted by atomic mass is 16.5. The van der Waals surface area contributed by atoms with Crippen LogP contribution in [0.4, 0.5) is 0 Å². The Labute approximate surface area is 89.3 Å². The molecule has 0 aromatic rings. The third-order valence-electron chi connectivity index (χ3n) is 3.40. The molecule has 0 bridgehead atoms. The van der Waals surface area contributed by atoms with Gasteiger partial charge in [0.2, 0.25) is 0 Å². The first-order chi connectivity index (χ1) is 7.15. The molecule has 2 aliphatic heterocycles. The summed E-state index contributed by atoms with van der Waals surface area (Å²) >= 11 is 0. The molecule has 5 heteroatoms. The zero-order chi connectivity index (χ0) is 11.0. The van der Waals surface area contributed by atoms with Crippen LogP contribution in [0.3, 0.4) is 0 Å². The summed E-state index contributed by atoms with van der Waals surface area (Å²) in [6.07, 6.45) is -1.76. The second-order valence-corrected chi connectivity index (χ2v) is 4.32. The van der Waals surface area contributed by atoms with Crippen molar-refractivity contribution in [3.8, 4) is 0 Å². The average Bonchev–Trinajstić information content (AvgIpc) is 2.49. The molecule has 2 rings (SSSR count). The maximum atomic E-state index is 10.0. The monoisotopic (exact) mass is 217 g/mol. The molecule has 0 aromatic carbocycles. The van der Waals surface area contributed by atoms with Crippen LogP contribution in [0.15, 0.2) is 0 Å². The zero-order valence-corrected chi connectivity index (χ0v) is 8.91. The van der Waals surface area contributed by atoms with Crippen molar-refractivity contribution in [1.29, 1.82) is 0 Å². The Morgan fingerprint density at radius 2 is 2.00 bits per heavy atom. The van der Waals surface area contributed by atoms with E-state index < -0.39 is 18.3 Å². The van der Waals surface area contributed by atoms with E-state index in [4.69, 9.17) is 4.74 Å². The second-order valence-electron chi connectivity index (χ2n) is 4.32. The minimum Gasteiger partial charge on any atom is -0.389 e. The van der Waals surface area contributed by atoms with E-state index in [1.165, 1.54) is 0 Å². The van der Waals surface area contributed by atoms with Crippen LogP contribution in [0.25, 0.3) is 0 Å².